The van der Waals surface area contributed by atoms with Crippen LogP contribution in [0.2, 0.25) is 0 Å². The summed E-state index contributed by atoms with van der Waals surface area (Å²) in [5, 5.41) is 0. The zero-order valence-electron chi connectivity index (χ0n) is 17.6. The van der Waals surface area contributed by atoms with Gasteiger partial charge in [-0.25, -0.2) is 9.59 Å². The van der Waals surface area contributed by atoms with E-state index in [4.69, 9.17) is 14.2 Å². The van der Waals surface area contributed by atoms with Gasteiger partial charge < -0.3 is 14.2 Å². The Labute approximate surface area is 181 Å². The minimum Gasteiger partial charge on any atom is -0.488 e. The van der Waals surface area contributed by atoms with Gasteiger partial charge in [0.2, 0.25) is 0 Å². The molecule has 5 nitrogen and oxygen atoms in total. The Morgan fingerprint density at radius 3 is 2.35 bits per heavy atom. The average Bonchev–Trinajstić information content (AvgIpc) is 2.77. The van der Waals surface area contributed by atoms with Crippen LogP contribution in [0, 0.1) is 0 Å². The molecule has 0 spiro atoms. The van der Waals surface area contributed by atoms with Crippen LogP contribution in [0.3, 0.4) is 0 Å². The zero-order valence-corrected chi connectivity index (χ0v) is 17.6. The van der Waals surface area contributed by atoms with Crippen LogP contribution in [-0.4, -0.2) is 17.5 Å². The van der Waals surface area contributed by atoms with Gasteiger partial charge in [-0.2, -0.15) is 0 Å². The molecule has 5 heteroatoms. The van der Waals surface area contributed by atoms with Gasteiger partial charge in [-0.05, 0) is 80.3 Å². The molecule has 0 radical (unpaired) electrons. The van der Waals surface area contributed by atoms with Crippen LogP contribution in [0.15, 0.2) is 72.8 Å². The van der Waals surface area contributed by atoms with E-state index in [9.17, 15) is 9.59 Å². The van der Waals surface area contributed by atoms with E-state index in [1.165, 1.54) is 0 Å². The second-order valence-corrected chi connectivity index (χ2v) is 8.16. The van der Waals surface area contributed by atoms with Gasteiger partial charge in [0.25, 0.3) is 0 Å². The topological polar surface area (TPSA) is 61.8 Å². The van der Waals surface area contributed by atoms with E-state index in [2.05, 4.69) is 13.8 Å². The maximum Gasteiger partial charge on any atom is 0.343 e. The van der Waals surface area contributed by atoms with E-state index < -0.39 is 11.9 Å². The third-order valence-corrected chi connectivity index (χ3v) is 5.19. The van der Waals surface area contributed by atoms with Gasteiger partial charge >= 0.3 is 11.9 Å². The van der Waals surface area contributed by atoms with Crippen LogP contribution < -0.4 is 9.47 Å². The van der Waals surface area contributed by atoms with Crippen molar-refractivity contribution in [1.29, 1.82) is 0 Å². The molecule has 31 heavy (non-hydrogen) atoms. The molecule has 0 fully saturated rings. The van der Waals surface area contributed by atoms with Gasteiger partial charge in [0, 0.05) is 0 Å². The lowest BCUT2D eigenvalue weighted by atomic mass is 9.93. The molecule has 0 amide bonds. The molecule has 158 valence electrons. The number of hydrogen-bond acceptors (Lipinski definition) is 5. The fourth-order valence-electron chi connectivity index (χ4n) is 3.42. The zero-order chi connectivity index (χ0) is 21.8. The lowest BCUT2D eigenvalue weighted by Gasteiger charge is -2.32. The first-order chi connectivity index (χ1) is 14.9. The number of carbonyl (C=O) groups is 2. The summed E-state index contributed by atoms with van der Waals surface area (Å²) in [5.41, 5.74) is 2.59. The van der Waals surface area contributed by atoms with E-state index >= 15 is 0 Å². The first-order valence-corrected chi connectivity index (χ1v) is 10.2. The molecule has 3 aromatic carbocycles. The highest BCUT2D eigenvalue weighted by molar-refractivity contribution is 5.92. The van der Waals surface area contributed by atoms with E-state index in [1.807, 2.05) is 42.5 Å². The molecule has 0 aromatic heterocycles. The van der Waals surface area contributed by atoms with Crippen molar-refractivity contribution in [1.82, 2.24) is 0 Å². The molecule has 0 N–H and O–H groups in total. The molecule has 1 aliphatic heterocycles. The Morgan fingerprint density at radius 2 is 1.61 bits per heavy atom. The second kappa shape index (κ2) is 8.64. The molecule has 0 saturated heterocycles. The summed E-state index contributed by atoms with van der Waals surface area (Å²) >= 11 is 0. The van der Waals surface area contributed by atoms with Crippen molar-refractivity contribution in [3.63, 3.8) is 0 Å². The fraction of sp³-hybridized carbons (Fsp3) is 0.231. The van der Waals surface area contributed by atoms with Gasteiger partial charge in [-0.3, -0.25) is 0 Å². The van der Waals surface area contributed by atoms with Crippen LogP contribution in [-0.2, 0) is 17.8 Å². The Bertz CT molecular complexity index is 1080. The molecule has 4 rings (SSSR count). The average molecular weight is 416 g/mol. The van der Waals surface area contributed by atoms with Crippen LogP contribution in [0.5, 0.6) is 11.5 Å². The lowest BCUT2D eigenvalue weighted by molar-refractivity contribution is 0.0472. The van der Waals surface area contributed by atoms with Gasteiger partial charge in [-0.15, -0.1) is 0 Å². The summed E-state index contributed by atoms with van der Waals surface area (Å²) in [5.74, 6) is 0.289. The minimum absolute atomic E-state index is 0.195. The summed E-state index contributed by atoms with van der Waals surface area (Å²) in [7, 11) is 0. The van der Waals surface area contributed by atoms with Crippen molar-refractivity contribution in [3.8, 4) is 11.5 Å². The maximum atomic E-state index is 12.6. The Hall–Kier alpha value is -3.60. The molecule has 1 aliphatic rings. The van der Waals surface area contributed by atoms with Gasteiger partial charge in [-0.1, -0.05) is 30.3 Å². The van der Waals surface area contributed by atoms with Crippen molar-refractivity contribution in [2.24, 2.45) is 0 Å². The first kappa shape index (κ1) is 20.7. The SMILES string of the molecule is CC1(C)CCc2cc(C(=O)Oc3ccc(C(=O)OCc4ccccc4)cc3)ccc2O1. The normalized spacial score (nSPS) is 14.1. The second-order valence-electron chi connectivity index (χ2n) is 8.16. The predicted molar refractivity (Wildman–Crippen MR) is 116 cm³/mol. The fourth-order valence-corrected chi connectivity index (χ4v) is 3.42. The molecule has 0 unspecified atom stereocenters. The highest BCUT2D eigenvalue weighted by Crippen LogP contribution is 2.33. The summed E-state index contributed by atoms with van der Waals surface area (Å²) in [6.45, 7) is 4.31. The minimum atomic E-state index is -0.452. The molecule has 0 saturated carbocycles. The predicted octanol–water partition coefficient (Wildman–Crippen LogP) is 5.37. The van der Waals surface area contributed by atoms with E-state index in [-0.39, 0.29) is 12.2 Å². The van der Waals surface area contributed by atoms with E-state index in [0.717, 1.165) is 29.7 Å². The van der Waals surface area contributed by atoms with E-state index in [1.54, 1.807) is 30.3 Å². The molecule has 0 aliphatic carbocycles. The summed E-state index contributed by atoms with van der Waals surface area (Å²) in [4.78, 5) is 24.8. The summed E-state index contributed by atoms with van der Waals surface area (Å²) in [6, 6.07) is 21.2. The molecule has 0 bridgehead atoms. The van der Waals surface area contributed by atoms with Crippen LogP contribution in [0.1, 0.15) is 52.1 Å². The van der Waals surface area contributed by atoms with E-state index in [0.29, 0.717) is 16.9 Å². The number of benzene rings is 3. The monoisotopic (exact) mass is 416 g/mol. The Kier molecular flexibility index (Phi) is 5.76. The molecule has 3 aromatic rings. The number of carbonyl (C=O) groups excluding carboxylic acids is 2. The molecule has 0 atom stereocenters. The summed E-state index contributed by atoms with van der Waals surface area (Å²) in [6.07, 6.45) is 1.74. The number of rotatable bonds is 5. The number of aryl methyl sites for hydroxylation is 1. The number of hydrogen-bond donors (Lipinski definition) is 0. The summed E-state index contributed by atoms with van der Waals surface area (Å²) < 4.78 is 16.7. The van der Waals surface area contributed by atoms with Crippen molar-refractivity contribution in [3.05, 3.63) is 95.1 Å². The van der Waals surface area contributed by atoms with Gasteiger partial charge in [0.1, 0.15) is 23.7 Å². The van der Waals surface area contributed by atoms with Gasteiger partial charge in [0.15, 0.2) is 0 Å². The molecular weight excluding hydrogens is 392 g/mol. The van der Waals surface area contributed by atoms with Gasteiger partial charge in [0.05, 0.1) is 11.1 Å². The number of ether oxygens (including phenoxy) is 3. The van der Waals surface area contributed by atoms with Crippen LogP contribution >= 0.6 is 0 Å². The highest BCUT2D eigenvalue weighted by atomic mass is 16.5. The third kappa shape index (κ3) is 5.12. The quantitative estimate of drug-likeness (QED) is 0.414. The largest absolute Gasteiger partial charge is 0.488 e. The first-order valence-electron chi connectivity index (χ1n) is 10.2. The van der Waals surface area contributed by atoms with Crippen molar-refractivity contribution < 1.29 is 23.8 Å². The van der Waals surface area contributed by atoms with Crippen molar-refractivity contribution >= 4 is 11.9 Å². The van der Waals surface area contributed by atoms with Crippen molar-refractivity contribution in [2.75, 3.05) is 0 Å². The number of fused-ring (bicyclic) bond motifs is 1. The highest BCUT2D eigenvalue weighted by Gasteiger charge is 2.27. The van der Waals surface area contributed by atoms with Crippen molar-refractivity contribution in [2.45, 2.75) is 38.9 Å². The Morgan fingerprint density at radius 1 is 0.903 bits per heavy atom. The lowest BCUT2D eigenvalue weighted by Crippen LogP contribution is -2.32. The maximum absolute atomic E-state index is 12.6. The smallest absolute Gasteiger partial charge is 0.343 e. The third-order valence-electron chi connectivity index (χ3n) is 5.19. The molecular formula is C26H24O5. The Balaban J connectivity index is 1.36. The van der Waals surface area contributed by atoms with Crippen LogP contribution in [0.4, 0.5) is 0 Å². The van der Waals surface area contributed by atoms with Crippen LogP contribution in [0.25, 0.3) is 0 Å². The number of esters is 2. The molecule has 1 heterocycles. The standard InChI is InChI=1S/C26H24O5/c1-26(2)15-14-20-16-21(10-13-23(20)31-26)25(28)30-22-11-8-19(9-12-22)24(27)29-17-18-6-4-3-5-7-18/h3-13,16H,14-15,17H2,1-2H3.